The zero-order chi connectivity index (χ0) is 24.0. The Morgan fingerprint density at radius 3 is 2.54 bits per heavy atom. The van der Waals surface area contributed by atoms with Crippen LogP contribution in [0.2, 0.25) is 0 Å². The van der Waals surface area contributed by atoms with E-state index in [1.54, 1.807) is 11.1 Å². The lowest BCUT2D eigenvalue weighted by Crippen LogP contribution is -2.64. The van der Waals surface area contributed by atoms with E-state index in [2.05, 4.69) is 10.3 Å². The second-order valence-corrected chi connectivity index (χ2v) is 9.83. The van der Waals surface area contributed by atoms with E-state index in [0.717, 1.165) is 48.0 Å². The molecule has 1 unspecified atom stereocenters. The van der Waals surface area contributed by atoms with Crippen molar-refractivity contribution in [2.45, 2.75) is 57.3 Å². The average molecular weight is 468 g/mol. The van der Waals surface area contributed by atoms with Crippen molar-refractivity contribution in [1.82, 2.24) is 24.3 Å². The molecule has 3 aromatic heterocycles. The number of nitrogens with one attached hydrogen (secondary N) is 1. The third-order valence-corrected chi connectivity index (χ3v) is 7.54. The molecule has 4 heterocycles. The highest BCUT2D eigenvalue weighted by Gasteiger charge is 2.49. The highest BCUT2D eigenvalue weighted by atomic mass is 16.2. The smallest absolute Gasteiger partial charge is 0.274 e. The van der Waals surface area contributed by atoms with Crippen LogP contribution in [0.25, 0.3) is 16.6 Å². The fourth-order valence-corrected chi connectivity index (χ4v) is 5.66. The van der Waals surface area contributed by atoms with E-state index in [0.29, 0.717) is 12.2 Å². The van der Waals surface area contributed by atoms with Crippen molar-refractivity contribution in [3.8, 4) is 5.69 Å². The number of carbonyl (C=O) groups excluding carboxylic acids is 2. The van der Waals surface area contributed by atoms with Crippen LogP contribution in [-0.2, 0) is 17.9 Å². The number of benzene rings is 1. The minimum atomic E-state index is -1.06. The first-order valence-corrected chi connectivity index (χ1v) is 12.3. The first kappa shape index (κ1) is 21.6. The summed E-state index contributed by atoms with van der Waals surface area (Å²) in [7, 11) is 0. The molecule has 2 aliphatic rings. The quantitative estimate of drug-likeness (QED) is 0.476. The van der Waals surface area contributed by atoms with Gasteiger partial charge in [0.15, 0.2) is 0 Å². The number of para-hydroxylation sites is 1. The summed E-state index contributed by atoms with van der Waals surface area (Å²) in [5.41, 5.74) is 2.11. The average Bonchev–Trinajstić information content (AvgIpc) is 3.63. The standard InChI is InChI=1S/C28H29N5O2/c1-28(27(35)30-20-10-2-3-11-20)19-32-23-14-5-4-13-22(23)24(31-16-8-9-17-31)25(32)26(34)33(28)18-21-12-6-7-15-29-21/h4-9,12-17,20H,2-3,10-11,18-19H2,1H3,(H,30,35). The molecule has 1 aliphatic heterocycles. The second-order valence-electron chi connectivity index (χ2n) is 9.83. The normalized spacial score (nSPS) is 20.4. The number of fused-ring (bicyclic) bond motifs is 3. The van der Waals surface area contributed by atoms with Gasteiger partial charge >= 0.3 is 0 Å². The van der Waals surface area contributed by atoms with Gasteiger partial charge in [-0.2, -0.15) is 0 Å². The van der Waals surface area contributed by atoms with Crippen molar-refractivity contribution in [2.75, 3.05) is 0 Å². The summed E-state index contributed by atoms with van der Waals surface area (Å²) in [6.07, 6.45) is 9.88. The molecule has 0 radical (unpaired) electrons. The summed E-state index contributed by atoms with van der Waals surface area (Å²) in [6, 6.07) is 17.8. The van der Waals surface area contributed by atoms with E-state index < -0.39 is 5.54 Å². The van der Waals surface area contributed by atoms with Gasteiger partial charge in [0.25, 0.3) is 5.91 Å². The number of amides is 2. The molecule has 4 aromatic rings. The molecule has 2 amide bonds. The van der Waals surface area contributed by atoms with Crippen molar-refractivity contribution in [1.29, 1.82) is 0 Å². The van der Waals surface area contributed by atoms with Gasteiger partial charge in [-0.1, -0.05) is 37.1 Å². The van der Waals surface area contributed by atoms with Crippen molar-refractivity contribution in [2.24, 2.45) is 0 Å². The van der Waals surface area contributed by atoms with Crippen molar-refractivity contribution >= 4 is 22.7 Å². The Balaban J connectivity index is 1.51. The lowest BCUT2D eigenvalue weighted by Gasteiger charge is -2.44. The minimum absolute atomic E-state index is 0.0976. The van der Waals surface area contributed by atoms with E-state index in [9.17, 15) is 9.59 Å². The third kappa shape index (κ3) is 3.53. The molecule has 1 saturated carbocycles. The number of nitrogens with zero attached hydrogens (tertiary/aromatic N) is 4. The maximum atomic E-state index is 14.3. The molecule has 0 spiro atoms. The number of aromatic nitrogens is 3. The molecular formula is C28H29N5O2. The van der Waals surface area contributed by atoms with Crippen LogP contribution in [0.15, 0.2) is 73.2 Å². The third-order valence-electron chi connectivity index (χ3n) is 7.54. The summed E-state index contributed by atoms with van der Waals surface area (Å²) < 4.78 is 4.03. The molecule has 6 rings (SSSR count). The van der Waals surface area contributed by atoms with Crippen LogP contribution in [0.1, 0.15) is 48.8 Å². The van der Waals surface area contributed by atoms with Crippen molar-refractivity contribution in [3.63, 3.8) is 0 Å². The molecular weight excluding hydrogens is 438 g/mol. The van der Waals surface area contributed by atoms with Crippen LogP contribution in [-0.4, -0.2) is 42.4 Å². The van der Waals surface area contributed by atoms with Gasteiger partial charge in [-0.05, 0) is 50.1 Å². The maximum Gasteiger partial charge on any atom is 0.274 e. The van der Waals surface area contributed by atoms with Crippen LogP contribution in [0, 0.1) is 0 Å². The lowest BCUT2D eigenvalue weighted by molar-refractivity contribution is -0.133. The van der Waals surface area contributed by atoms with E-state index in [1.807, 2.05) is 83.0 Å². The Hall–Kier alpha value is -3.87. The fraction of sp³-hybridized carbons (Fsp3) is 0.321. The Kier molecular flexibility index (Phi) is 5.20. The maximum absolute atomic E-state index is 14.3. The van der Waals surface area contributed by atoms with Gasteiger partial charge in [0, 0.05) is 30.0 Å². The number of hydrogen-bond acceptors (Lipinski definition) is 3. The Labute approximate surface area is 204 Å². The lowest BCUT2D eigenvalue weighted by atomic mass is 9.93. The van der Waals surface area contributed by atoms with Gasteiger partial charge in [-0.15, -0.1) is 0 Å². The summed E-state index contributed by atoms with van der Waals surface area (Å²) in [4.78, 5) is 34.4. The van der Waals surface area contributed by atoms with Crippen molar-refractivity contribution in [3.05, 3.63) is 84.6 Å². The molecule has 7 heteroatoms. The van der Waals surface area contributed by atoms with Crippen LogP contribution in [0.3, 0.4) is 0 Å². The first-order chi connectivity index (χ1) is 17.1. The summed E-state index contributed by atoms with van der Waals surface area (Å²) in [6.45, 7) is 2.54. The second kappa shape index (κ2) is 8.41. The monoisotopic (exact) mass is 467 g/mol. The van der Waals surface area contributed by atoms with Crippen LogP contribution in [0.4, 0.5) is 0 Å². The highest BCUT2D eigenvalue weighted by Crippen LogP contribution is 2.38. The molecule has 7 nitrogen and oxygen atoms in total. The largest absolute Gasteiger partial charge is 0.351 e. The van der Waals surface area contributed by atoms with E-state index in [4.69, 9.17) is 0 Å². The van der Waals surface area contributed by atoms with Gasteiger partial charge in [0.2, 0.25) is 5.91 Å². The van der Waals surface area contributed by atoms with E-state index in [1.165, 1.54) is 0 Å². The minimum Gasteiger partial charge on any atom is -0.351 e. The van der Waals surface area contributed by atoms with Gasteiger partial charge in [0.05, 0.1) is 30.0 Å². The van der Waals surface area contributed by atoms with E-state index >= 15 is 0 Å². The van der Waals surface area contributed by atoms with E-state index in [-0.39, 0.29) is 24.4 Å². The SMILES string of the molecule is CC1(C(=O)NC2CCCC2)Cn2c(c(-n3cccc3)c3ccccc32)C(=O)N1Cc1ccccn1. The van der Waals surface area contributed by atoms with Gasteiger partial charge in [-0.25, -0.2) is 0 Å². The number of carbonyl (C=O) groups is 2. The molecule has 0 saturated heterocycles. The summed E-state index contributed by atoms with van der Waals surface area (Å²) in [5.74, 6) is -0.259. The highest BCUT2D eigenvalue weighted by molar-refractivity contribution is 6.08. The Morgan fingerprint density at radius 2 is 1.80 bits per heavy atom. The van der Waals surface area contributed by atoms with Crippen LogP contribution < -0.4 is 5.32 Å². The molecule has 1 atom stereocenters. The molecule has 35 heavy (non-hydrogen) atoms. The predicted octanol–water partition coefficient (Wildman–Crippen LogP) is 4.30. The number of pyridine rings is 1. The fourth-order valence-electron chi connectivity index (χ4n) is 5.66. The van der Waals surface area contributed by atoms with Crippen molar-refractivity contribution < 1.29 is 9.59 Å². The topological polar surface area (TPSA) is 72.2 Å². The molecule has 1 fully saturated rings. The zero-order valence-corrected chi connectivity index (χ0v) is 19.9. The molecule has 1 aliphatic carbocycles. The van der Waals surface area contributed by atoms with Gasteiger partial charge < -0.3 is 19.4 Å². The first-order valence-electron chi connectivity index (χ1n) is 12.3. The van der Waals surface area contributed by atoms with Gasteiger partial charge in [-0.3, -0.25) is 14.6 Å². The predicted molar refractivity (Wildman–Crippen MR) is 134 cm³/mol. The molecule has 0 bridgehead atoms. The summed E-state index contributed by atoms with van der Waals surface area (Å²) >= 11 is 0. The molecule has 1 N–H and O–H groups in total. The molecule has 178 valence electrons. The van der Waals surface area contributed by atoms with Gasteiger partial charge in [0.1, 0.15) is 11.2 Å². The Morgan fingerprint density at radius 1 is 1.06 bits per heavy atom. The summed E-state index contributed by atoms with van der Waals surface area (Å²) in [5, 5.41) is 4.26. The zero-order valence-electron chi connectivity index (χ0n) is 19.9. The molecule has 1 aromatic carbocycles. The number of hydrogen-bond donors (Lipinski definition) is 1. The number of rotatable bonds is 5. The Bertz CT molecular complexity index is 1390. The van der Waals surface area contributed by atoms with Crippen LogP contribution in [0.5, 0.6) is 0 Å². The van der Waals surface area contributed by atoms with Crippen LogP contribution >= 0.6 is 0 Å².